The fourth-order valence-corrected chi connectivity index (χ4v) is 4.44. The van der Waals surface area contributed by atoms with Gasteiger partial charge in [0, 0.05) is 37.4 Å². The van der Waals surface area contributed by atoms with Gasteiger partial charge in [-0.25, -0.2) is 0 Å². The van der Waals surface area contributed by atoms with Crippen molar-refractivity contribution in [2.45, 2.75) is 65.0 Å². The molecule has 1 amide bonds. The van der Waals surface area contributed by atoms with Gasteiger partial charge in [0.2, 0.25) is 5.78 Å². The molecule has 2 aliphatic rings. The van der Waals surface area contributed by atoms with E-state index >= 15 is 0 Å². The molecule has 6 atom stereocenters. The number of carbonyl (C=O) groups is 3. The van der Waals surface area contributed by atoms with Gasteiger partial charge in [-0.1, -0.05) is 38.2 Å². The zero-order valence-electron chi connectivity index (χ0n) is 22.1. The number of allylic oxidation sites excluding steroid dienone is 5. The number of nitrogens with zero attached hydrogens (tertiary/aromatic N) is 1. The van der Waals surface area contributed by atoms with Crippen molar-refractivity contribution in [3.05, 3.63) is 63.8 Å². The second-order valence-corrected chi connectivity index (χ2v) is 9.53. The molecule has 2 N–H and O–H groups in total. The van der Waals surface area contributed by atoms with Gasteiger partial charge in [0.05, 0.1) is 17.9 Å². The highest BCUT2D eigenvalue weighted by molar-refractivity contribution is 6.21. The molecular weight excluding hydrogens is 480 g/mol. The van der Waals surface area contributed by atoms with E-state index < -0.39 is 42.0 Å². The lowest BCUT2D eigenvalue weighted by Crippen LogP contribution is -2.36. The number of hydrogen-bond acceptors (Lipinski definition) is 9. The maximum absolute atomic E-state index is 13.0. The summed E-state index contributed by atoms with van der Waals surface area (Å²) in [5, 5.41) is 16.1. The van der Waals surface area contributed by atoms with Crippen LogP contribution in [0, 0.1) is 16.7 Å². The minimum absolute atomic E-state index is 0.0913. The van der Waals surface area contributed by atoms with Gasteiger partial charge in [-0.3, -0.25) is 14.4 Å². The van der Waals surface area contributed by atoms with Crippen LogP contribution in [0.1, 0.15) is 40.5 Å². The number of ether oxygens (including phenoxy) is 2. The Morgan fingerprint density at radius 1 is 1.08 bits per heavy atom. The molecule has 0 aromatic heterocycles. The number of amides is 1. The van der Waals surface area contributed by atoms with E-state index in [0.717, 1.165) is 6.08 Å². The molecule has 202 valence electrons. The van der Waals surface area contributed by atoms with Crippen LogP contribution in [0.2, 0.25) is 0 Å². The van der Waals surface area contributed by atoms with Gasteiger partial charge in [0.15, 0.2) is 17.2 Å². The first-order valence-corrected chi connectivity index (χ1v) is 12.1. The molecular formula is C27H36N2O8. The maximum Gasteiger partial charge on any atom is 0.251 e. The second kappa shape index (κ2) is 13.9. The van der Waals surface area contributed by atoms with Crippen molar-refractivity contribution >= 4 is 17.5 Å². The highest BCUT2D eigenvalue weighted by Gasteiger charge is 2.30. The number of methoxy groups -OCH3 is 2. The fourth-order valence-electron chi connectivity index (χ4n) is 4.44. The van der Waals surface area contributed by atoms with Crippen LogP contribution < -0.4 is 5.32 Å². The Labute approximate surface area is 217 Å². The average Bonchev–Trinajstić information content (AvgIpc) is 2.85. The predicted octanol–water partition coefficient (Wildman–Crippen LogP) is 3.04. The van der Waals surface area contributed by atoms with Crippen molar-refractivity contribution < 1.29 is 33.8 Å². The molecule has 0 aromatic rings. The summed E-state index contributed by atoms with van der Waals surface area (Å²) < 4.78 is 11.0. The van der Waals surface area contributed by atoms with Crippen molar-refractivity contribution in [3.63, 3.8) is 0 Å². The van der Waals surface area contributed by atoms with E-state index in [1.807, 2.05) is 13.8 Å². The summed E-state index contributed by atoms with van der Waals surface area (Å²) in [6.45, 7) is 6.99. The molecule has 0 saturated carbocycles. The molecule has 1 aliphatic carbocycles. The Morgan fingerprint density at radius 2 is 1.78 bits per heavy atom. The van der Waals surface area contributed by atoms with Gasteiger partial charge < -0.3 is 24.7 Å². The summed E-state index contributed by atoms with van der Waals surface area (Å²) in [5.41, 5.74) is 1.07. The molecule has 0 saturated heterocycles. The van der Waals surface area contributed by atoms with Gasteiger partial charge in [0.1, 0.15) is 6.10 Å². The number of aliphatic hydroxyl groups is 1. The minimum atomic E-state index is -0.913. The van der Waals surface area contributed by atoms with Crippen LogP contribution in [-0.2, 0) is 28.7 Å². The van der Waals surface area contributed by atoms with Crippen LogP contribution in [0.4, 0.5) is 0 Å². The van der Waals surface area contributed by atoms with Gasteiger partial charge in [0.25, 0.3) is 5.91 Å². The molecule has 10 nitrogen and oxygen atoms in total. The number of fused-ring (bicyclic) bond motifs is 2. The van der Waals surface area contributed by atoms with E-state index in [0.29, 0.717) is 12.0 Å². The van der Waals surface area contributed by atoms with Crippen LogP contribution in [0.5, 0.6) is 0 Å². The van der Waals surface area contributed by atoms with Crippen molar-refractivity contribution in [2.75, 3.05) is 14.2 Å². The Hall–Kier alpha value is -3.21. The summed E-state index contributed by atoms with van der Waals surface area (Å²) >= 11 is 0. The highest BCUT2D eigenvalue weighted by Crippen LogP contribution is 2.27. The summed E-state index contributed by atoms with van der Waals surface area (Å²) in [5.74, 6) is -1.89. The van der Waals surface area contributed by atoms with Gasteiger partial charge in [-0.05, 0) is 44.3 Å². The average molecular weight is 517 g/mol. The first-order chi connectivity index (χ1) is 17.5. The van der Waals surface area contributed by atoms with Gasteiger partial charge in [-0.15, -0.1) is 4.91 Å². The zero-order chi connectivity index (χ0) is 27.7. The van der Waals surface area contributed by atoms with E-state index in [1.165, 1.54) is 26.4 Å². The van der Waals surface area contributed by atoms with E-state index in [1.54, 1.807) is 32.1 Å². The van der Waals surface area contributed by atoms with Crippen LogP contribution in [-0.4, -0.2) is 61.2 Å². The predicted molar refractivity (Wildman–Crippen MR) is 137 cm³/mol. The van der Waals surface area contributed by atoms with Crippen LogP contribution in [0.3, 0.4) is 0 Å². The SMILES string of the molecule is CO[C@H]1/C=C\C=C(/C)C(=O)NC2=CC(=O)C=C(C[C@@H](C)C[C@H](OC)[C@H](O)[C@@H](C)/C=C(\C)[C@@H]1ON=O)C2=O. The van der Waals surface area contributed by atoms with E-state index in [4.69, 9.17) is 14.3 Å². The third-order valence-corrected chi connectivity index (χ3v) is 6.52. The van der Waals surface area contributed by atoms with E-state index in [-0.39, 0.29) is 35.0 Å². The second-order valence-electron chi connectivity index (χ2n) is 9.53. The van der Waals surface area contributed by atoms with Crippen LogP contribution in [0.25, 0.3) is 0 Å². The lowest BCUT2D eigenvalue weighted by Gasteiger charge is -2.29. The normalized spacial score (nSPS) is 34.2. The number of carbonyl (C=O) groups excluding carboxylic acids is 3. The molecule has 2 rings (SSSR count). The molecule has 0 aromatic carbocycles. The van der Waals surface area contributed by atoms with Gasteiger partial charge in [-0.2, -0.15) is 0 Å². The Morgan fingerprint density at radius 3 is 2.41 bits per heavy atom. The Balaban J connectivity index is 2.51. The molecule has 0 spiro atoms. The number of Topliss-reactive ketones (excluding diaryl/α,β-unsaturated/α-hetero) is 1. The minimum Gasteiger partial charge on any atom is -0.390 e. The molecule has 0 radical (unpaired) electrons. The number of nitrogens with one attached hydrogen (secondary N) is 1. The summed E-state index contributed by atoms with van der Waals surface area (Å²) in [6.07, 6.45) is 6.37. The quantitative estimate of drug-likeness (QED) is 0.251. The molecule has 1 aliphatic heterocycles. The molecule has 0 fully saturated rings. The largest absolute Gasteiger partial charge is 0.390 e. The van der Waals surface area contributed by atoms with Crippen molar-refractivity contribution in [2.24, 2.45) is 17.2 Å². The van der Waals surface area contributed by atoms with Crippen molar-refractivity contribution in [1.29, 1.82) is 0 Å². The zero-order valence-corrected chi connectivity index (χ0v) is 22.1. The van der Waals surface area contributed by atoms with Crippen molar-refractivity contribution in [3.8, 4) is 0 Å². The number of hydrogen-bond donors (Lipinski definition) is 2. The van der Waals surface area contributed by atoms with Gasteiger partial charge >= 0.3 is 0 Å². The smallest absolute Gasteiger partial charge is 0.251 e. The Bertz CT molecular complexity index is 1040. The lowest BCUT2D eigenvalue weighted by molar-refractivity contribution is -0.120. The van der Waals surface area contributed by atoms with Crippen molar-refractivity contribution in [1.82, 2.24) is 5.32 Å². The van der Waals surface area contributed by atoms with Crippen LogP contribution >= 0.6 is 0 Å². The summed E-state index contributed by atoms with van der Waals surface area (Å²) in [6, 6.07) is 0. The van der Waals surface area contributed by atoms with Crippen LogP contribution in [0.15, 0.2) is 64.2 Å². The highest BCUT2D eigenvalue weighted by atomic mass is 16.7. The molecule has 1 heterocycles. The summed E-state index contributed by atoms with van der Waals surface area (Å²) in [7, 11) is 2.93. The Kier molecular flexibility index (Phi) is 11.3. The molecule has 10 heteroatoms. The third kappa shape index (κ3) is 8.14. The first kappa shape index (κ1) is 30.0. The standard InChI is InChI=1S/C27H36N2O8/c1-15-10-19-13-20(30)14-21(25(19)32)28-27(33)16(2)8-7-9-22(35-5)26(37-29-34)18(4)12-17(3)24(31)23(11-15)36-6/h7-9,12-15,17,22-24,26,31H,10-11H2,1-6H3,(H,28,33)/b9-7-,16-8+,18-12+/t15-,17+,22+,23+,24-,26+/m1/s1. The monoisotopic (exact) mass is 516 g/mol. The van der Waals surface area contributed by atoms with E-state index in [9.17, 15) is 24.4 Å². The third-order valence-electron chi connectivity index (χ3n) is 6.52. The fraction of sp³-hybridized carbons (Fsp3) is 0.519. The summed E-state index contributed by atoms with van der Waals surface area (Å²) in [4.78, 5) is 54.0. The number of rotatable bonds is 4. The molecule has 2 bridgehead atoms. The maximum atomic E-state index is 13.0. The number of ketones is 2. The number of aliphatic hydroxyl groups excluding tert-OH is 1. The lowest BCUT2D eigenvalue weighted by atomic mass is 9.86. The molecule has 37 heavy (non-hydrogen) atoms. The topological polar surface area (TPSA) is 141 Å². The van der Waals surface area contributed by atoms with E-state index in [2.05, 4.69) is 10.7 Å². The molecule has 0 unspecified atom stereocenters. The first-order valence-electron chi connectivity index (χ1n) is 12.1.